The Morgan fingerprint density at radius 1 is 1.29 bits per heavy atom. The number of methoxy groups -OCH3 is 1. The van der Waals surface area contributed by atoms with E-state index < -0.39 is 5.97 Å². The number of nitrogens with one attached hydrogen (secondary N) is 1. The van der Waals surface area contributed by atoms with Crippen LogP contribution in [0.2, 0.25) is 0 Å². The van der Waals surface area contributed by atoms with Crippen molar-refractivity contribution in [3.63, 3.8) is 0 Å². The molecule has 0 unspecified atom stereocenters. The molecule has 1 heterocycles. The second-order valence-corrected chi connectivity index (χ2v) is 5.41. The Labute approximate surface area is 140 Å². The van der Waals surface area contributed by atoms with Gasteiger partial charge in [-0.1, -0.05) is 0 Å². The van der Waals surface area contributed by atoms with Crippen LogP contribution in [0.25, 0.3) is 6.08 Å². The number of benzene rings is 1. The molecule has 130 valence electrons. The van der Waals surface area contributed by atoms with Gasteiger partial charge in [0.15, 0.2) is 18.1 Å². The van der Waals surface area contributed by atoms with E-state index in [0.29, 0.717) is 36.0 Å². The van der Waals surface area contributed by atoms with Crippen LogP contribution >= 0.6 is 0 Å². The first kappa shape index (κ1) is 17.7. The Morgan fingerprint density at radius 3 is 2.75 bits per heavy atom. The van der Waals surface area contributed by atoms with E-state index in [1.165, 1.54) is 13.2 Å². The van der Waals surface area contributed by atoms with Crippen LogP contribution in [0.3, 0.4) is 0 Å². The van der Waals surface area contributed by atoms with Crippen LogP contribution in [-0.4, -0.2) is 44.8 Å². The standard InChI is InChI=1S/C17H21NO6/c1-11(2)18-15(19)10-24-16(20)5-4-12-8-13(21-3)17-14(9-12)22-6-7-23-17/h4-5,8-9,11H,6-7,10H2,1-3H3,(H,18,19)/b5-4+. The lowest BCUT2D eigenvalue weighted by molar-refractivity contribution is -0.143. The summed E-state index contributed by atoms with van der Waals surface area (Å²) in [5.74, 6) is 0.686. The number of rotatable bonds is 6. The topological polar surface area (TPSA) is 83.1 Å². The molecule has 7 heteroatoms. The van der Waals surface area contributed by atoms with Crippen molar-refractivity contribution < 1.29 is 28.5 Å². The summed E-state index contributed by atoms with van der Waals surface area (Å²) in [6, 6.07) is 3.46. The van der Waals surface area contributed by atoms with Gasteiger partial charge in [0.05, 0.1) is 7.11 Å². The van der Waals surface area contributed by atoms with Crippen molar-refractivity contribution >= 4 is 18.0 Å². The minimum atomic E-state index is -0.609. The third kappa shape index (κ3) is 4.91. The van der Waals surface area contributed by atoms with Crippen molar-refractivity contribution in [2.75, 3.05) is 26.9 Å². The van der Waals surface area contributed by atoms with Gasteiger partial charge >= 0.3 is 5.97 Å². The lowest BCUT2D eigenvalue weighted by atomic mass is 10.1. The fraction of sp³-hybridized carbons (Fsp3) is 0.412. The van der Waals surface area contributed by atoms with Crippen molar-refractivity contribution in [1.29, 1.82) is 0 Å². The Hall–Kier alpha value is -2.70. The molecule has 0 atom stereocenters. The number of hydrogen-bond acceptors (Lipinski definition) is 6. The van der Waals surface area contributed by atoms with Crippen LogP contribution in [0, 0.1) is 0 Å². The van der Waals surface area contributed by atoms with Gasteiger partial charge in [0, 0.05) is 12.1 Å². The predicted molar refractivity (Wildman–Crippen MR) is 87.3 cm³/mol. The first-order valence-electron chi connectivity index (χ1n) is 7.61. The van der Waals surface area contributed by atoms with Gasteiger partial charge in [-0.05, 0) is 37.6 Å². The van der Waals surface area contributed by atoms with Crippen LogP contribution in [0.4, 0.5) is 0 Å². The summed E-state index contributed by atoms with van der Waals surface area (Å²) in [6.45, 7) is 4.26. The van der Waals surface area contributed by atoms with Gasteiger partial charge in [-0.15, -0.1) is 0 Å². The number of ether oxygens (including phenoxy) is 4. The highest BCUT2D eigenvalue weighted by atomic mass is 16.6. The molecule has 1 aliphatic heterocycles. The maximum atomic E-state index is 11.7. The third-order valence-corrected chi connectivity index (χ3v) is 3.06. The molecule has 1 aromatic rings. The molecule has 0 radical (unpaired) electrons. The average Bonchev–Trinajstić information content (AvgIpc) is 2.56. The number of carbonyl (C=O) groups is 2. The second kappa shape index (κ2) is 8.24. The highest BCUT2D eigenvalue weighted by Gasteiger charge is 2.17. The maximum Gasteiger partial charge on any atom is 0.331 e. The zero-order chi connectivity index (χ0) is 17.5. The molecule has 1 aromatic carbocycles. The van der Waals surface area contributed by atoms with Crippen molar-refractivity contribution in [1.82, 2.24) is 5.32 Å². The molecule has 0 bridgehead atoms. The molecule has 0 saturated carbocycles. The molecule has 0 aliphatic carbocycles. The predicted octanol–water partition coefficient (Wildman–Crippen LogP) is 1.55. The first-order valence-corrected chi connectivity index (χ1v) is 7.61. The van der Waals surface area contributed by atoms with E-state index in [4.69, 9.17) is 18.9 Å². The fourth-order valence-electron chi connectivity index (χ4n) is 2.10. The minimum absolute atomic E-state index is 0.00285. The second-order valence-electron chi connectivity index (χ2n) is 5.41. The molecule has 0 spiro atoms. The lowest BCUT2D eigenvalue weighted by Gasteiger charge is -2.20. The Morgan fingerprint density at radius 2 is 2.04 bits per heavy atom. The van der Waals surface area contributed by atoms with Gasteiger partial charge in [0.25, 0.3) is 5.91 Å². The highest BCUT2D eigenvalue weighted by Crippen LogP contribution is 2.40. The molecule has 24 heavy (non-hydrogen) atoms. The van der Waals surface area contributed by atoms with Gasteiger partial charge < -0.3 is 24.3 Å². The van der Waals surface area contributed by atoms with Crippen molar-refractivity contribution in [3.05, 3.63) is 23.8 Å². The van der Waals surface area contributed by atoms with Crippen LogP contribution in [0.1, 0.15) is 19.4 Å². The monoisotopic (exact) mass is 335 g/mol. The van der Waals surface area contributed by atoms with Gasteiger partial charge in [0.2, 0.25) is 5.75 Å². The summed E-state index contributed by atoms with van der Waals surface area (Å²) in [7, 11) is 1.53. The van der Waals surface area contributed by atoms with Crippen LogP contribution in [-0.2, 0) is 14.3 Å². The Balaban J connectivity index is 1.98. The van der Waals surface area contributed by atoms with E-state index >= 15 is 0 Å². The van der Waals surface area contributed by atoms with Gasteiger partial charge in [-0.2, -0.15) is 0 Å². The largest absolute Gasteiger partial charge is 0.493 e. The molecular weight excluding hydrogens is 314 g/mol. The molecule has 0 fully saturated rings. The summed E-state index contributed by atoms with van der Waals surface area (Å²) in [6.07, 6.45) is 2.80. The summed E-state index contributed by atoms with van der Waals surface area (Å²) < 4.78 is 21.2. The van der Waals surface area contributed by atoms with Crippen molar-refractivity contribution in [2.24, 2.45) is 0 Å². The normalized spacial score (nSPS) is 13.0. The van der Waals surface area contributed by atoms with Gasteiger partial charge in [0.1, 0.15) is 13.2 Å². The van der Waals surface area contributed by atoms with E-state index in [0.717, 1.165) is 0 Å². The number of amides is 1. The van der Waals surface area contributed by atoms with Gasteiger partial charge in [-0.3, -0.25) is 4.79 Å². The zero-order valence-electron chi connectivity index (χ0n) is 14.0. The molecular formula is C17H21NO6. The van der Waals surface area contributed by atoms with Crippen molar-refractivity contribution in [3.8, 4) is 17.2 Å². The molecule has 7 nitrogen and oxygen atoms in total. The van der Waals surface area contributed by atoms with Crippen LogP contribution in [0.5, 0.6) is 17.2 Å². The maximum absolute atomic E-state index is 11.7. The van der Waals surface area contributed by atoms with Crippen LogP contribution in [0.15, 0.2) is 18.2 Å². The molecule has 1 N–H and O–H groups in total. The molecule has 1 aliphatic rings. The smallest absolute Gasteiger partial charge is 0.331 e. The van der Waals surface area contributed by atoms with E-state index in [2.05, 4.69) is 5.32 Å². The average molecular weight is 335 g/mol. The minimum Gasteiger partial charge on any atom is -0.493 e. The number of hydrogen-bond donors (Lipinski definition) is 1. The van der Waals surface area contributed by atoms with E-state index in [9.17, 15) is 9.59 Å². The first-order chi connectivity index (χ1) is 11.5. The van der Waals surface area contributed by atoms with Gasteiger partial charge in [-0.25, -0.2) is 4.79 Å². The summed E-state index contributed by atoms with van der Waals surface area (Å²) >= 11 is 0. The quantitative estimate of drug-likeness (QED) is 0.627. The fourth-order valence-corrected chi connectivity index (χ4v) is 2.10. The molecule has 2 rings (SSSR count). The number of esters is 1. The summed E-state index contributed by atoms with van der Waals surface area (Å²) in [4.78, 5) is 23.1. The lowest BCUT2D eigenvalue weighted by Crippen LogP contribution is -2.33. The van der Waals surface area contributed by atoms with E-state index in [1.54, 1.807) is 18.2 Å². The molecule has 1 amide bonds. The highest BCUT2D eigenvalue weighted by molar-refractivity contribution is 5.89. The summed E-state index contributed by atoms with van der Waals surface area (Å²) in [5, 5.41) is 2.63. The van der Waals surface area contributed by atoms with E-state index in [1.807, 2.05) is 13.8 Å². The SMILES string of the molecule is COc1cc(/C=C/C(=O)OCC(=O)NC(C)C)cc2c1OCCO2. The third-order valence-electron chi connectivity index (χ3n) is 3.06. The number of carbonyl (C=O) groups excluding carboxylic acids is 2. The summed E-state index contributed by atoms with van der Waals surface area (Å²) in [5.41, 5.74) is 0.694. The Kier molecular flexibility index (Phi) is 6.06. The molecule has 0 aromatic heterocycles. The molecule has 0 saturated heterocycles. The van der Waals surface area contributed by atoms with Crippen LogP contribution < -0.4 is 19.5 Å². The zero-order valence-corrected chi connectivity index (χ0v) is 14.0. The Bertz CT molecular complexity index is 621. The van der Waals surface area contributed by atoms with Crippen molar-refractivity contribution in [2.45, 2.75) is 19.9 Å². The number of fused-ring (bicyclic) bond motifs is 1. The van der Waals surface area contributed by atoms with E-state index in [-0.39, 0.29) is 18.6 Å².